The minimum atomic E-state index is -1.00. The molecule has 0 fully saturated rings. The first-order valence-electron chi connectivity index (χ1n) is 6.37. The summed E-state index contributed by atoms with van der Waals surface area (Å²) in [5.41, 5.74) is 1.26. The number of amides is 1. The van der Waals surface area contributed by atoms with Gasteiger partial charge in [-0.05, 0) is 30.2 Å². The van der Waals surface area contributed by atoms with Crippen molar-refractivity contribution in [2.24, 2.45) is 0 Å². The van der Waals surface area contributed by atoms with Gasteiger partial charge in [-0.1, -0.05) is 19.1 Å². The molecular formula is C15H19NO4. The molecule has 0 saturated heterocycles. The van der Waals surface area contributed by atoms with Crippen LogP contribution >= 0.6 is 0 Å². The van der Waals surface area contributed by atoms with E-state index in [1.165, 1.54) is 6.08 Å². The van der Waals surface area contributed by atoms with E-state index in [9.17, 15) is 9.59 Å². The van der Waals surface area contributed by atoms with E-state index in [2.05, 4.69) is 5.32 Å². The lowest BCUT2D eigenvalue weighted by molar-refractivity contribution is -0.131. The van der Waals surface area contributed by atoms with Gasteiger partial charge in [-0.15, -0.1) is 0 Å². The number of carbonyl (C=O) groups excluding carboxylic acids is 1. The molecule has 1 unspecified atom stereocenters. The number of hydrogen-bond donors (Lipinski definition) is 2. The fourth-order valence-corrected chi connectivity index (χ4v) is 1.64. The van der Waals surface area contributed by atoms with Crippen LogP contribution in [0.15, 0.2) is 30.3 Å². The summed E-state index contributed by atoms with van der Waals surface area (Å²) in [6.07, 6.45) is 3.32. The van der Waals surface area contributed by atoms with Gasteiger partial charge in [-0.25, -0.2) is 4.79 Å². The number of carboxylic acids is 1. The lowest BCUT2D eigenvalue weighted by atomic mass is 10.1. The summed E-state index contributed by atoms with van der Waals surface area (Å²) in [7, 11) is 1.60. The molecule has 1 rings (SSSR count). The Hall–Kier alpha value is -2.14. The molecule has 20 heavy (non-hydrogen) atoms. The number of nitrogens with one attached hydrogen (secondary N) is 1. The van der Waals surface area contributed by atoms with E-state index in [-0.39, 0.29) is 11.9 Å². The molecule has 0 spiro atoms. The highest BCUT2D eigenvalue weighted by molar-refractivity contribution is 5.94. The lowest BCUT2D eigenvalue weighted by Gasteiger charge is -2.15. The molecule has 2 N–H and O–H groups in total. The third kappa shape index (κ3) is 5.24. The van der Waals surface area contributed by atoms with Crippen molar-refractivity contribution in [1.82, 2.24) is 5.32 Å². The molecule has 5 heteroatoms. The number of carboxylic acid groups (broad SMARTS) is 1. The van der Waals surface area contributed by atoms with Crippen molar-refractivity contribution in [2.75, 3.05) is 13.7 Å². The Morgan fingerprint density at radius 2 is 2.00 bits per heavy atom. The highest BCUT2D eigenvalue weighted by Crippen LogP contribution is 2.07. The molecule has 0 saturated carbocycles. The van der Waals surface area contributed by atoms with Crippen molar-refractivity contribution in [3.63, 3.8) is 0 Å². The Bertz CT molecular complexity index is 479. The molecule has 0 heterocycles. The number of aliphatic carboxylic acids is 1. The Balaban J connectivity index is 2.68. The maximum atomic E-state index is 12.0. The zero-order valence-electron chi connectivity index (χ0n) is 11.6. The molecule has 5 nitrogen and oxygen atoms in total. The van der Waals surface area contributed by atoms with Gasteiger partial charge < -0.3 is 15.2 Å². The van der Waals surface area contributed by atoms with Crippen LogP contribution in [0.2, 0.25) is 0 Å². The third-order valence-corrected chi connectivity index (χ3v) is 2.79. The number of ether oxygens (including phenoxy) is 1. The van der Waals surface area contributed by atoms with E-state index in [1.807, 2.05) is 6.92 Å². The molecule has 108 valence electrons. The minimum absolute atomic E-state index is 0.0147. The first kappa shape index (κ1) is 15.9. The molecule has 1 atom stereocenters. The summed E-state index contributed by atoms with van der Waals surface area (Å²) in [6, 6.07) is 6.71. The maximum Gasteiger partial charge on any atom is 0.328 e. The van der Waals surface area contributed by atoms with Crippen LogP contribution in [-0.2, 0) is 9.53 Å². The topological polar surface area (TPSA) is 75.6 Å². The smallest absolute Gasteiger partial charge is 0.328 e. The van der Waals surface area contributed by atoms with Crippen LogP contribution in [0.25, 0.3) is 6.08 Å². The van der Waals surface area contributed by atoms with Gasteiger partial charge in [0.1, 0.15) is 0 Å². The minimum Gasteiger partial charge on any atom is -0.478 e. The van der Waals surface area contributed by atoms with E-state index in [1.54, 1.807) is 31.4 Å². The summed E-state index contributed by atoms with van der Waals surface area (Å²) < 4.78 is 5.03. The van der Waals surface area contributed by atoms with E-state index in [0.29, 0.717) is 12.2 Å². The number of benzene rings is 1. The summed E-state index contributed by atoms with van der Waals surface area (Å²) in [5.74, 6) is -1.17. The predicted octanol–water partition coefficient (Wildman–Crippen LogP) is 1.94. The second-order valence-corrected chi connectivity index (χ2v) is 4.33. The summed E-state index contributed by atoms with van der Waals surface area (Å²) in [4.78, 5) is 22.4. The summed E-state index contributed by atoms with van der Waals surface area (Å²) in [5, 5.41) is 11.4. The highest BCUT2D eigenvalue weighted by atomic mass is 16.5. The van der Waals surface area contributed by atoms with Crippen molar-refractivity contribution in [1.29, 1.82) is 0 Å². The molecule has 0 aliphatic carbocycles. The average molecular weight is 277 g/mol. The largest absolute Gasteiger partial charge is 0.478 e. The van der Waals surface area contributed by atoms with E-state index >= 15 is 0 Å². The predicted molar refractivity (Wildman–Crippen MR) is 76.5 cm³/mol. The van der Waals surface area contributed by atoms with Crippen molar-refractivity contribution in [3.05, 3.63) is 41.5 Å². The summed E-state index contributed by atoms with van der Waals surface area (Å²) >= 11 is 0. The standard InChI is InChI=1S/C15H19NO4/c1-3-13(10-20-2)16-15(19)12-7-4-11(5-8-12)6-9-14(17)18/h4-9,13H,3,10H2,1-2H3,(H,16,19)(H,17,18). The van der Waals surface area contributed by atoms with Gasteiger partial charge in [0.2, 0.25) is 0 Å². The number of carbonyl (C=O) groups is 2. The molecule has 1 amide bonds. The highest BCUT2D eigenvalue weighted by Gasteiger charge is 2.11. The normalized spacial score (nSPS) is 12.3. The first-order chi connectivity index (χ1) is 9.56. The van der Waals surface area contributed by atoms with Crippen molar-refractivity contribution < 1.29 is 19.4 Å². The van der Waals surface area contributed by atoms with Crippen molar-refractivity contribution >= 4 is 18.0 Å². The molecule has 0 aromatic heterocycles. The Kier molecular flexibility index (Phi) is 6.46. The zero-order chi connectivity index (χ0) is 15.0. The van der Waals surface area contributed by atoms with Crippen LogP contribution in [0.5, 0.6) is 0 Å². The summed E-state index contributed by atoms with van der Waals surface area (Å²) in [6.45, 7) is 2.45. The molecule has 1 aromatic carbocycles. The Labute approximate surface area is 118 Å². The molecule has 0 bridgehead atoms. The number of hydrogen-bond acceptors (Lipinski definition) is 3. The van der Waals surface area contributed by atoms with Gasteiger partial charge >= 0.3 is 5.97 Å². The molecule has 0 aliphatic rings. The zero-order valence-corrected chi connectivity index (χ0v) is 11.6. The van der Waals surface area contributed by atoms with Gasteiger partial charge in [0.15, 0.2) is 0 Å². The molecule has 0 aliphatic heterocycles. The van der Waals surface area contributed by atoms with Crippen LogP contribution < -0.4 is 5.32 Å². The van der Waals surface area contributed by atoms with Crippen LogP contribution in [-0.4, -0.2) is 36.7 Å². The second kappa shape index (κ2) is 8.12. The quantitative estimate of drug-likeness (QED) is 0.747. The number of rotatable bonds is 7. The fraction of sp³-hybridized carbons (Fsp3) is 0.333. The lowest BCUT2D eigenvalue weighted by Crippen LogP contribution is -2.37. The van der Waals surface area contributed by atoms with E-state index in [0.717, 1.165) is 18.1 Å². The van der Waals surface area contributed by atoms with Crippen molar-refractivity contribution in [3.8, 4) is 0 Å². The van der Waals surface area contributed by atoms with Crippen molar-refractivity contribution in [2.45, 2.75) is 19.4 Å². The van der Waals surface area contributed by atoms with Crippen LogP contribution in [0.4, 0.5) is 0 Å². The third-order valence-electron chi connectivity index (χ3n) is 2.79. The SMILES string of the molecule is CCC(COC)NC(=O)c1ccc(C=CC(=O)O)cc1. The van der Waals surface area contributed by atoms with Gasteiger partial charge in [-0.3, -0.25) is 4.79 Å². The Morgan fingerprint density at radius 3 is 2.50 bits per heavy atom. The fourth-order valence-electron chi connectivity index (χ4n) is 1.64. The van der Waals surface area contributed by atoms with Gasteiger partial charge in [0.05, 0.1) is 12.6 Å². The van der Waals surface area contributed by atoms with Gasteiger partial charge in [0, 0.05) is 18.7 Å². The molecule has 0 radical (unpaired) electrons. The molecule has 1 aromatic rings. The monoisotopic (exact) mass is 277 g/mol. The molecular weight excluding hydrogens is 258 g/mol. The average Bonchev–Trinajstić information content (AvgIpc) is 2.45. The Morgan fingerprint density at radius 1 is 1.35 bits per heavy atom. The number of methoxy groups -OCH3 is 1. The van der Waals surface area contributed by atoms with E-state index < -0.39 is 5.97 Å². The van der Waals surface area contributed by atoms with E-state index in [4.69, 9.17) is 9.84 Å². The van der Waals surface area contributed by atoms with Gasteiger partial charge in [-0.2, -0.15) is 0 Å². The van der Waals surface area contributed by atoms with Crippen LogP contribution in [0, 0.1) is 0 Å². The second-order valence-electron chi connectivity index (χ2n) is 4.33. The first-order valence-corrected chi connectivity index (χ1v) is 6.37. The maximum absolute atomic E-state index is 12.0. The van der Waals surface area contributed by atoms with Crippen LogP contribution in [0.3, 0.4) is 0 Å². The van der Waals surface area contributed by atoms with Gasteiger partial charge in [0.25, 0.3) is 5.91 Å². The van der Waals surface area contributed by atoms with Crippen LogP contribution in [0.1, 0.15) is 29.3 Å².